The molecule has 0 spiro atoms. The van der Waals surface area contributed by atoms with Gasteiger partial charge in [0.1, 0.15) is 16.5 Å². The third-order valence-electron chi connectivity index (χ3n) is 4.44. The van der Waals surface area contributed by atoms with E-state index in [-0.39, 0.29) is 0 Å². The van der Waals surface area contributed by atoms with Gasteiger partial charge in [0.25, 0.3) is 0 Å². The number of nitrogens with zero attached hydrogens (tertiary/aromatic N) is 1. The van der Waals surface area contributed by atoms with Crippen molar-refractivity contribution in [1.82, 2.24) is 4.98 Å². The van der Waals surface area contributed by atoms with Gasteiger partial charge in [-0.15, -0.1) is 11.3 Å². The molecule has 0 atom stereocenters. The molecule has 0 radical (unpaired) electrons. The van der Waals surface area contributed by atoms with Gasteiger partial charge in [0.2, 0.25) is 0 Å². The maximum Gasteiger partial charge on any atom is 0.123 e. The Morgan fingerprint density at radius 3 is 2.71 bits per heavy atom. The van der Waals surface area contributed by atoms with E-state index in [2.05, 4.69) is 26.2 Å². The van der Waals surface area contributed by atoms with Crippen LogP contribution in [0.3, 0.4) is 0 Å². The fourth-order valence-corrected chi connectivity index (χ4v) is 3.94. The molecule has 0 saturated heterocycles. The molecule has 3 rings (SSSR count). The molecule has 4 heteroatoms. The highest BCUT2D eigenvalue weighted by atomic mass is 32.1. The molecule has 1 aromatic heterocycles. The maximum absolute atomic E-state index is 10.7. The summed E-state index contributed by atoms with van der Waals surface area (Å²) >= 11 is 1.65. The number of hydrogen-bond donors (Lipinski definition) is 1. The van der Waals surface area contributed by atoms with Gasteiger partial charge in [-0.2, -0.15) is 0 Å². The van der Waals surface area contributed by atoms with E-state index in [0.29, 0.717) is 11.7 Å². The number of aromatic nitrogens is 1. The Balaban J connectivity index is 2.04. The van der Waals surface area contributed by atoms with Gasteiger partial charge < -0.3 is 9.84 Å². The molecular weight excluding hydrogens is 318 g/mol. The van der Waals surface area contributed by atoms with Gasteiger partial charge in [-0.05, 0) is 55.5 Å². The molecule has 3 nitrogen and oxygen atoms in total. The fraction of sp³-hybridized carbons (Fsp3) is 0.350. The van der Waals surface area contributed by atoms with Gasteiger partial charge in [0, 0.05) is 16.5 Å². The summed E-state index contributed by atoms with van der Waals surface area (Å²) < 4.78 is 5.31. The Morgan fingerprint density at radius 1 is 1.25 bits per heavy atom. The second kappa shape index (κ2) is 6.81. The summed E-state index contributed by atoms with van der Waals surface area (Å²) in [6, 6.07) is 5.83. The van der Waals surface area contributed by atoms with Crippen molar-refractivity contribution >= 4 is 22.7 Å². The number of ether oxygens (including phenoxy) is 1. The van der Waals surface area contributed by atoms with Gasteiger partial charge in [-0.1, -0.05) is 19.4 Å². The van der Waals surface area contributed by atoms with Crippen LogP contribution in [-0.2, 0) is 6.42 Å². The summed E-state index contributed by atoms with van der Waals surface area (Å²) in [4.78, 5) is 4.76. The summed E-state index contributed by atoms with van der Waals surface area (Å²) in [6.45, 7) is 6.42. The smallest absolute Gasteiger partial charge is 0.123 e. The van der Waals surface area contributed by atoms with Crippen LogP contribution in [0.5, 0.6) is 5.75 Å². The minimum Gasteiger partial charge on any atom is -0.507 e. The van der Waals surface area contributed by atoms with Gasteiger partial charge in [-0.3, -0.25) is 0 Å². The van der Waals surface area contributed by atoms with Crippen molar-refractivity contribution < 1.29 is 9.84 Å². The van der Waals surface area contributed by atoms with Crippen LogP contribution in [0.15, 0.2) is 35.2 Å². The molecule has 0 saturated carbocycles. The molecule has 24 heavy (non-hydrogen) atoms. The summed E-state index contributed by atoms with van der Waals surface area (Å²) in [6.07, 6.45) is 3.68. The van der Waals surface area contributed by atoms with E-state index < -0.39 is 0 Å². The van der Waals surface area contributed by atoms with E-state index >= 15 is 0 Å². The predicted molar refractivity (Wildman–Crippen MR) is 101 cm³/mol. The minimum absolute atomic E-state index is 0.294. The first kappa shape index (κ1) is 16.8. The van der Waals surface area contributed by atoms with Crippen molar-refractivity contribution in [3.05, 3.63) is 57.1 Å². The second-order valence-corrected chi connectivity index (χ2v) is 7.34. The van der Waals surface area contributed by atoms with Crippen LogP contribution in [0.2, 0.25) is 0 Å². The van der Waals surface area contributed by atoms with Crippen molar-refractivity contribution in [3.63, 3.8) is 0 Å². The topological polar surface area (TPSA) is 42.4 Å². The molecule has 1 aliphatic rings. The van der Waals surface area contributed by atoms with Crippen LogP contribution < -0.4 is 4.74 Å². The molecule has 0 unspecified atom stereocenters. The number of allylic oxidation sites excluding steroid dienone is 3. The molecule has 126 valence electrons. The van der Waals surface area contributed by atoms with E-state index in [1.165, 1.54) is 5.57 Å². The molecule has 0 amide bonds. The number of hydrogen-bond acceptors (Lipinski definition) is 4. The molecule has 1 aromatic carbocycles. The van der Waals surface area contributed by atoms with Gasteiger partial charge in [0.05, 0.1) is 12.8 Å². The number of fused-ring (bicyclic) bond motifs is 1. The first-order valence-electron chi connectivity index (χ1n) is 8.23. The Morgan fingerprint density at radius 2 is 2.04 bits per heavy atom. The summed E-state index contributed by atoms with van der Waals surface area (Å²) in [7, 11) is 1.67. The minimum atomic E-state index is 0.294. The van der Waals surface area contributed by atoms with Crippen molar-refractivity contribution in [2.24, 2.45) is 0 Å². The lowest BCUT2D eigenvalue weighted by atomic mass is 9.93. The molecule has 0 aliphatic heterocycles. The zero-order valence-electron chi connectivity index (χ0n) is 14.6. The number of aliphatic hydroxyl groups excluding tert-OH is 1. The molecule has 1 aliphatic carbocycles. The number of methoxy groups -OCH3 is 1. The lowest BCUT2D eigenvalue weighted by Crippen LogP contribution is -2.01. The number of rotatable bonds is 3. The normalized spacial score (nSPS) is 20.1. The van der Waals surface area contributed by atoms with Crippen molar-refractivity contribution in [2.75, 3.05) is 7.11 Å². The maximum atomic E-state index is 10.7. The van der Waals surface area contributed by atoms with Crippen LogP contribution in [0.4, 0.5) is 0 Å². The van der Waals surface area contributed by atoms with Crippen molar-refractivity contribution in [3.8, 4) is 5.75 Å². The molecule has 0 fully saturated rings. The highest BCUT2D eigenvalue weighted by Gasteiger charge is 2.17. The standard InChI is InChI=1S/C20H23NO2S/c1-12(2)18-11-24-20(21-18)17-10-19(22)16-8-7-15(23-4)9-14(16)6-5-13(17)3/h7-12,22H,5-6H2,1-4H3/b17-13-,19-10+. The van der Waals surface area contributed by atoms with E-state index in [1.807, 2.05) is 24.3 Å². The highest BCUT2D eigenvalue weighted by molar-refractivity contribution is 7.10. The number of thiazole rings is 1. The van der Waals surface area contributed by atoms with E-state index in [0.717, 1.165) is 46.0 Å². The van der Waals surface area contributed by atoms with E-state index in [4.69, 9.17) is 9.72 Å². The Kier molecular flexibility index (Phi) is 4.76. The summed E-state index contributed by atoms with van der Waals surface area (Å²) in [5.41, 5.74) is 5.39. The lowest BCUT2D eigenvalue weighted by Gasteiger charge is -2.16. The zero-order chi connectivity index (χ0) is 17.3. The zero-order valence-corrected chi connectivity index (χ0v) is 15.4. The molecule has 1 N–H and O–H groups in total. The number of aliphatic hydroxyl groups is 1. The fourth-order valence-electron chi connectivity index (χ4n) is 2.87. The van der Waals surface area contributed by atoms with Gasteiger partial charge >= 0.3 is 0 Å². The Hall–Kier alpha value is -2.07. The third-order valence-corrected chi connectivity index (χ3v) is 5.34. The van der Waals surface area contributed by atoms with Gasteiger partial charge in [-0.25, -0.2) is 4.98 Å². The van der Waals surface area contributed by atoms with Gasteiger partial charge in [0.15, 0.2) is 0 Å². The highest BCUT2D eigenvalue weighted by Crippen LogP contribution is 2.34. The first-order valence-corrected chi connectivity index (χ1v) is 9.11. The molecular formula is C20H23NO2S. The van der Waals surface area contributed by atoms with Crippen LogP contribution >= 0.6 is 11.3 Å². The second-order valence-electron chi connectivity index (χ2n) is 6.48. The Labute approximate surface area is 147 Å². The van der Waals surface area contributed by atoms with E-state index in [1.54, 1.807) is 18.4 Å². The van der Waals surface area contributed by atoms with Crippen molar-refractivity contribution in [1.29, 1.82) is 0 Å². The average molecular weight is 341 g/mol. The van der Waals surface area contributed by atoms with Crippen molar-refractivity contribution in [2.45, 2.75) is 39.5 Å². The summed E-state index contributed by atoms with van der Waals surface area (Å²) in [5.74, 6) is 1.53. The number of benzene rings is 1. The van der Waals surface area contributed by atoms with Crippen LogP contribution in [-0.4, -0.2) is 17.2 Å². The molecule has 2 aromatic rings. The van der Waals surface area contributed by atoms with Crippen LogP contribution in [0.25, 0.3) is 11.3 Å². The largest absolute Gasteiger partial charge is 0.507 e. The van der Waals surface area contributed by atoms with Crippen LogP contribution in [0, 0.1) is 0 Å². The average Bonchev–Trinajstić information content (AvgIpc) is 3.05. The third kappa shape index (κ3) is 3.24. The Bertz CT molecular complexity index is 815. The number of aryl methyl sites for hydroxylation is 1. The SMILES string of the molecule is COc1ccc2c(c1)CC/C(C)=C(c1nc(C(C)C)cs1)/C=C\2O. The lowest BCUT2D eigenvalue weighted by molar-refractivity contribution is 0.414. The quantitative estimate of drug-likeness (QED) is 0.791. The predicted octanol–water partition coefficient (Wildman–Crippen LogP) is 5.59. The van der Waals surface area contributed by atoms with Crippen LogP contribution in [0.1, 0.15) is 54.9 Å². The molecule has 0 bridgehead atoms. The monoisotopic (exact) mass is 341 g/mol. The molecule has 1 heterocycles. The summed E-state index contributed by atoms with van der Waals surface area (Å²) in [5, 5.41) is 13.8. The van der Waals surface area contributed by atoms with E-state index in [9.17, 15) is 5.11 Å². The first-order chi connectivity index (χ1) is 11.5.